The van der Waals surface area contributed by atoms with E-state index < -0.39 is 0 Å². The van der Waals surface area contributed by atoms with Crippen molar-refractivity contribution in [3.05, 3.63) is 11.5 Å². The highest BCUT2D eigenvalue weighted by Gasteiger charge is 2.52. The molecule has 1 aliphatic carbocycles. The molecule has 1 aliphatic heterocycles. The van der Waals surface area contributed by atoms with E-state index >= 15 is 0 Å². The lowest BCUT2D eigenvalue weighted by atomic mass is 9.72. The first-order valence-electron chi connectivity index (χ1n) is 7.41. The third kappa shape index (κ3) is 3.40. The molecule has 19 heavy (non-hydrogen) atoms. The summed E-state index contributed by atoms with van der Waals surface area (Å²) in [5.41, 5.74) is 0.906. The molecule has 0 saturated carbocycles. The highest BCUT2D eigenvalue weighted by Crippen LogP contribution is 2.41. The van der Waals surface area contributed by atoms with Crippen molar-refractivity contribution in [2.24, 2.45) is 0 Å². The van der Waals surface area contributed by atoms with Gasteiger partial charge in [-0.2, -0.15) is 11.8 Å². The quantitative estimate of drug-likeness (QED) is 0.721. The number of allylic oxidation sites excluding steroid dienone is 2. The molecule has 1 atom stereocenters. The van der Waals surface area contributed by atoms with Crippen molar-refractivity contribution < 1.29 is 9.31 Å². The first-order chi connectivity index (χ1) is 8.71. The van der Waals surface area contributed by atoms with E-state index in [0.29, 0.717) is 0 Å². The number of rotatable bonds is 3. The fraction of sp³-hybridized carbons (Fsp3) is 0.867. The zero-order valence-corrected chi connectivity index (χ0v) is 14.0. The second-order valence-electron chi connectivity index (χ2n) is 6.95. The number of thioether (sulfide) groups is 1. The van der Waals surface area contributed by atoms with Crippen LogP contribution in [0, 0.1) is 0 Å². The van der Waals surface area contributed by atoms with Gasteiger partial charge in [0.25, 0.3) is 0 Å². The van der Waals surface area contributed by atoms with Gasteiger partial charge in [-0.1, -0.05) is 19.9 Å². The van der Waals surface area contributed by atoms with Gasteiger partial charge in [0.2, 0.25) is 0 Å². The molecule has 0 aromatic carbocycles. The normalized spacial score (nSPS) is 29.7. The number of hydrogen-bond acceptors (Lipinski definition) is 3. The van der Waals surface area contributed by atoms with E-state index in [1.807, 2.05) is 0 Å². The van der Waals surface area contributed by atoms with Crippen LogP contribution in [0.15, 0.2) is 11.5 Å². The summed E-state index contributed by atoms with van der Waals surface area (Å²) in [5, 5.41) is 1.49. The Labute approximate surface area is 122 Å². The van der Waals surface area contributed by atoms with E-state index in [0.717, 1.165) is 23.3 Å². The molecule has 0 aromatic heterocycles. The molecule has 4 heteroatoms. The van der Waals surface area contributed by atoms with E-state index in [9.17, 15) is 0 Å². The lowest BCUT2D eigenvalue weighted by molar-refractivity contribution is 0.00578. The average Bonchev–Trinajstić information content (AvgIpc) is 2.48. The van der Waals surface area contributed by atoms with E-state index in [-0.39, 0.29) is 18.3 Å². The predicted molar refractivity (Wildman–Crippen MR) is 84.5 cm³/mol. The summed E-state index contributed by atoms with van der Waals surface area (Å²) < 4.78 is 12.2. The van der Waals surface area contributed by atoms with Crippen LogP contribution >= 0.6 is 11.8 Å². The fourth-order valence-corrected chi connectivity index (χ4v) is 3.78. The van der Waals surface area contributed by atoms with Gasteiger partial charge in [0.15, 0.2) is 0 Å². The third-order valence-corrected chi connectivity index (χ3v) is 5.78. The van der Waals surface area contributed by atoms with Gasteiger partial charge in [-0.15, -0.1) is 0 Å². The Morgan fingerprint density at radius 2 is 1.79 bits per heavy atom. The second kappa shape index (κ2) is 5.46. The van der Waals surface area contributed by atoms with Crippen molar-refractivity contribution >= 4 is 18.9 Å². The Hall–Kier alpha value is 0.0749. The molecule has 1 fully saturated rings. The zero-order valence-electron chi connectivity index (χ0n) is 13.2. The molecular weight excluding hydrogens is 255 g/mol. The van der Waals surface area contributed by atoms with E-state index in [4.69, 9.17) is 9.31 Å². The summed E-state index contributed by atoms with van der Waals surface area (Å²) >= 11 is 2.09. The minimum Gasteiger partial charge on any atom is -0.400 e. The van der Waals surface area contributed by atoms with Crippen molar-refractivity contribution in [2.75, 3.05) is 0 Å². The molecule has 2 aliphatic rings. The minimum absolute atomic E-state index is 0.130. The number of hydrogen-bond donors (Lipinski definition) is 0. The monoisotopic (exact) mass is 282 g/mol. The molecule has 108 valence electrons. The van der Waals surface area contributed by atoms with Crippen LogP contribution in [0.2, 0.25) is 0 Å². The summed E-state index contributed by atoms with van der Waals surface area (Å²) in [5.74, 6) is 0. The Bertz CT molecular complexity index is 347. The van der Waals surface area contributed by atoms with Gasteiger partial charge in [0, 0.05) is 5.25 Å². The molecule has 1 saturated heterocycles. The second-order valence-corrected chi connectivity index (χ2v) is 8.83. The smallest absolute Gasteiger partial charge is 0.400 e. The molecule has 0 N–H and O–H groups in total. The molecule has 0 amide bonds. The molecule has 0 bridgehead atoms. The van der Waals surface area contributed by atoms with Gasteiger partial charge in [-0.3, -0.25) is 0 Å². The van der Waals surface area contributed by atoms with E-state index in [1.165, 1.54) is 11.9 Å². The Kier molecular flexibility index (Phi) is 4.44. The summed E-state index contributed by atoms with van der Waals surface area (Å²) in [6.45, 7) is 13.0. The fourth-order valence-electron chi connectivity index (χ4n) is 2.55. The van der Waals surface area contributed by atoms with Crippen LogP contribution in [0.25, 0.3) is 0 Å². The lowest BCUT2D eigenvalue weighted by Gasteiger charge is -2.32. The minimum atomic E-state index is -0.220. The molecule has 0 spiro atoms. The van der Waals surface area contributed by atoms with Gasteiger partial charge >= 0.3 is 7.12 Å². The van der Waals surface area contributed by atoms with E-state index in [1.54, 1.807) is 0 Å². The highest BCUT2D eigenvalue weighted by atomic mass is 32.2. The Morgan fingerprint density at radius 3 is 2.21 bits per heavy atom. The van der Waals surface area contributed by atoms with Crippen molar-refractivity contribution in [3.63, 3.8) is 0 Å². The van der Waals surface area contributed by atoms with Crippen LogP contribution in [0.4, 0.5) is 0 Å². The van der Waals surface area contributed by atoms with Crippen LogP contribution in [-0.2, 0) is 9.31 Å². The summed E-state index contributed by atoms with van der Waals surface area (Å²) in [6, 6.07) is 0. The Balaban J connectivity index is 1.97. The molecule has 2 rings (SSSR count). The highest BCUT2D eigenvalue weighted by molar-refractivity contribution is 8.00. The maximum atomic E-state index is 6.12. The summed E-state index contributed by atoms with van der Waals surface area (Å²) in [7, 11) is -0.130. The SMILES string of the molecule is CC(C)SC1CC=C(B2OC(C)(C)C(C)(C)O2)CC1. The van der Waals surface area contributed by atoms with Crippen LogP contribution < -0.4 is 0 Å². The maximum absolute atomic E-state index is 6.12. The average molecular weight is 282 g/mol. The van der Waals surface area contributed by atoms with E-state index in [2.05, 4.69) is 59.4 Å². The van der Waals surface area contributed by atoms with Gasteiger partial charge in [-0.05, 0) is 57.7 Å². The molecule has 1 unspecified atom stereocenters. The first kappa shape index (κ1) is 15.5. The van der Waals surface area contributed by atoms with Crippen LogP contribution in [0.1, 0.15) is 60.8 Å². The standard InChI is InChI=1S/C15H27BO2S/c1-11(2)19-13-9-7-12(8-10-13)16-17-14(3,4)15(5,6)18-16/h7,11,13H,8-10H2,1-6H3. The maximum Gasteiger partial charge on any atom is 0.490 e. The van der Waals surface area contributed by atoms with Gasteiger partial charge in [0.05, 0.1) is 11.2 Å². The largest absolute Gasteiger partial charge is 0.490 e. The van der Waals surface area contributed by atoms with Gasteiger partial charge in [0.1, 0.15) is 0 Å². The van der Waals surface area contributed by atoms with Crippen LogP contribution in [-0.4, -0.2) is 28.8 Å². The first-order valence-corrected chi connectivity index (χ1v) is 8.35. The third-order valence-electron chi connectivity index (χ3n) is 4.42. The van der Waals surface area contributed by atoms with Crippen LogP contribution in [0.3, 0.4) is 0 Å². The Morgan fingerprint density at radius 1 is 1.21 bits per heavy atom. The van der Waals surface area contributed by atoms with Crippen molar-refractivity contribution in [3.8, 4) is 0 Å². The molecule has 0 radical (unpaired) electrons. The predicted octanol–water partition coefficient (Wildman–Crippen LogP) is 4.24. The van der Waals surface area contributed by atoms with Crippen molar-refractivity contribution in [2.45, 2.75) is 82.5 Å². The summed E-state index contributed by atoms with van der Waals surface area (Å²) in [4.78, 5) is 0. The van der Waals surface area contributed by atoms with Gasteiger partial charge in [-0.25, -0.2) is 0 Å². The molecular formula is C15H27BO2S. The molecule has 2 nitrogen and oxygen atoms in total. The van der Waals surface area contributed by atoms with Crippen molar-refractivity contribution in [1.82, 2.24) is 0 Å². The van der Waals surface area contributed by atoms with Crippen molar-refractivity contribution in [1.29, 1.82) is 0 Å². The molecule has 1 heterocycles. The van der Waals surface area contributed by atoms with Gasteiger partial charge < -0.3 is 9.31 Å². The topological polar surface area (TPSA) is 18.5 Å². The molecule has 0 aromatic rings. The summed E-state index contributed by atoms with van der Waals surface area (Å²) in [6.07, 6.45) is 5.87. The zero-order chi connectivity index (χ0) is 14.3. The lowest BCUT2D eigenvalue weighted by Crippen LogP contribution is -2.41. The van der Waals surface area contributed by atoms with Crippen LogP contribution in [0.5, 0.6) is 0 Å².